The molecular formula is C7H4BrN3O2. The fourth-order valence-electron chi connectivity index (χ4n) is 1.08. The topological polar surface area (TPSA) is 78.6 Å². The number of hydrogen-bond donors (Lipinski definition) is 2. The zero-order valence-corrected chi connectivity index (χ0v) is 7.88. The number of rotatable bonds is 0. The van der Waals surface area contributed by atoms with Crippen molar-refractivity contribution in [1.82, 2.24) is 15.2 Å². The maximum Gasteiger partial charge on any atom is 0.272 e. The fourth-order valence-corrected chi connectivity index (χ4v) is 1.59. The minimum absolute atomic E-state index is 0.276. The molecular weight excluding hydrogens is 238 g/mol. The lowest BCUT2D eigenvalue weighted by molar-refractivity contribution is 0.973. The Hall–Kier alpha value is -1.43. The summed E-state index contributed by atoms with van der Waals surface area (Å²) in [6, 6.07) is 0. The number of fused-ring (bicyclic) bond motifs is 1. The first kappa shape index (κ1) is 8.18. The second-order valence-corrected chi connectivity index (χ2v) is 3.31. The highest BCUT2D eigenvalue weighted by atomic mass is 79.9. The average Bonchev–Trinajstić information content (AvgIpc) is 2.12. The number of nitrogens with zero attached hydrogens (tertiary/aromatic N) is 1. The summed E-state index contributed by atoms with van der Waals surface area (Å²) in [6.07, 6.45) is 2.82. The molecule has 0 saturated carbocycles. The van der Waals surface area contributed by atoms with Crippen molar-refractivity contribution in [3.63, 3.8) is 0 Å². The quantitative estimate of drug-likeness (QED) is 0.700. The summed E-state index contributed by atoms with van der Waals surface area (Å²) in [7, 11) is 0. The van der Waals surface area contributed by atoms with Gasteiger partial charge in [0, 0.05) is 16.9 Å². The number of aromatic amines is 2. The van der Waals surface area contributed by atoms with Crippen LogP contribution >= 0.6 is 15.9 Å². The van der Waals surface area contributed by atoms with Gasteiger partial charge >= 0.3 is 0 Å². The highest BCUT2D eigenvalue weighted by Crippen LogP contribution is 2.14. The Bertz CT molecular complexity index is 572. The number of halogens is 1. The van der Waals surface area contributed by atoms with E-state index >= 15 is 0 Å². The predicted molar refractivity (Wildman–Crippen MR) is 50.7 cm³/mol. The number of hydrogen-bond acceptors (Lipinski definition) is 3. The van der Waals surface area contributed by atoms with E-state index in [0.29, 0.717) is 9.86 Å². The molecule has 66 valence electrons. The third kappa shape index (κ3) is 1.19. The van der Waals surface area contributed by atoms with Gasteiger partial charge < -0.3 is 0 Å². The van der Waals surface area contributed by atoms with Gasteiger partial charge in [0.25, 0.3) is 11.1 Å². The molecule has 0 bridgehead atoms. The lowest BCUT2D eigenvalue weighted by Crippen LogP contribution is -2.19. The minimum atomic E-state index is -0.358. The van der Waals surface area contributed by atoms with Gasteiger partial charge in [0.2, 0.25) is 0 Å². The van der Waals surface area contributed by atoms with Gasteiger partial charge in [-0.15, -0.1) is 0 Å². The van der Waals surface area contributed by atoms with Crippen LogP contribution in [0.3, 0.4) is 0 Å². The summed E-state index contributed by atoms with van der Waals surface area (Å²) >= 11 is 3.15. The second kappa shape index (κ2) is 2.81. The van der Waals surface area contributed by atoms with Crippen LogP contribution in [0.1, 0.15) is 0 Å². The van der Waals surface area contributed by atoms with Crippen LogP contribution in [-0.4, -0.2) is 15.2 Å². The molecule has 2 rings (SSSR count). The van der Waals surface area contributed by atoms with Crippen molar-refractivity contribution in [3.8, 4) is 0 Å². The minimum Gasteiger partial charge on any atom is -0.267 e. The molecule has 0 aliphatic carbocycles. The van der Waals surface area contributed by atoms with Gasteiger partial charge in [-0.2, -0.15) is 0 Å². The maximum atomic E-state index is 11.3. The Morgan fingerprint density at radius 2 is 1.85 bits per heavy atom. The third-order valence-electron chi connectivity index (χ3n) is 1.66. The van der Waals surface area contributed by atoms with Gasteiger partial charge in [-0.1, -0.05) is 0 Å². The van der Waals surface area contributed by atoms with Gasteiger partial charge in [0.15, 0.2) is 0 Å². The maximum absolute atomic E-state index is 11.3. The number of pyridine rings is 1. The van der Waals surface area contributed by atoms with Gasteiger partial charge in [-0.25, -0.2) is 0 Å². The molecule has 2 aromatic heterocycles. The number of nitrogens with one attached hydrogen (secondary N) is 2. The van der Waals surface area contributed by atoms with Crippen molar-refractivity contribution in [3.05, 3.63) is 37.6 Å². The molecule has 0 amide bonds. The van der Waals surface area contributed by atoms with Crippen LogP contribution < -0.4 is 11.1 Å². The molecule has 0 aliphatic heterocycles. The van der Waals surface area contributed by atoms with Crippen molar-refractivity contribution in [2.45, 2.75) is 0 Å². The molecule has 13 heavy (non-hydrogen) atoms. The molecule has 0 aliphatic rings. The molecule has 0 fully saturated rings. The van der Waals surface area contributed by atoms with E-state index in [0.717, 1.165) is 0 Å². The van der Waals surface area contributed by atoms with E-state index < -0.39 is 0 Å². The first-order chi connectivity index (χ1) is 6.20. The van der Waals surface area contributed by atoms with E-state index in [4.69, 9.17) is 0 Å². The Balaban J connectivity index is 3.19. The highest BCUT2D eigenvalue weighted by Gasteiger charge is 2.05. The van der Waals surface area contributed by atoms with Crippen molar-refractivity contribution in [2.24, 2.45) is 0 Å². The summed E-state index contributed by atoms with van der Waals surface area (Å²) in [5, 5.41) is 5.04. The molecule has 6 heteroatoms. The molecule has 2 heterocycles. The summed E-state index contributed by atoms with van der Waals surface area (Å²) in [4.78, 5) is 26.3. The largest absolute Gasteiger partial charge is 0.272 e. The summed E-state index contributed by atoms with van der Waals surface area (Å²) in [5.41, 5.74) is -0.702. The zero-order chi connectivity index (χ0) is 9.42. The van der Waals surface area contributed by atoms with Gasteiger partial charge in [0.1, 0.15) is 0 Å². The highest BCUT2D eigenvalue weighted by molar-refractivity contribution is 9.10. The third-order valence-corrected chi connectivity index (χ3v) is 2.26. The van der Waals surface area contributed by atoms with Crippen LogP contribution in [0.15, 0.2) is 26.5 Å². The van der Waals surface area contributed by atoms with Crippen LogP contribution in [0.5, 0.6) is 0 Å². The SMILES string of the molecule is O=c1[nH][nH]c(=O)c2c(Br)cncc12. The smallest absolute Gasteiger partial charge is 0.267 e. The van der Waals surface area contributed by atoms with Gasteiger partial charge in [-0.3, -0.25) is 24.8 Å². The molecule has 2 N–H and O–H groups in total. The van der Waals surface area contributed by atoms with Crippen molar-refractivity contribution >= 4 is 26.7 Å². The van der Waals surface area contributed by atoms with Gasteiger partial charge in [-0.05, 0) is 15.9 Å². The van der Waals surface area contributed by atoms with E-state index in [1.165, 1.54) is 12.4 Å². The fraction of sp³-hybridized carbons (Fsp3) is 0. The van der Waals surface area contributed by atoms with E-state index in [1.54, 1.807) is 0 Å². The second-order valence-electron chi connectivity index (χ2n) is 2.45. The molecule has 0 aromatic carbocycles. The predicted octanol–water partition coefficient (Wildman–Crippen LogP) is 0.374. The van der Waals surface area contributed by atoms with E-state index in [2.05, 4.69) is 31.1 Å². The molecule has 5 nitrogen and oxygen atoms in total. The molecule has 0 saturated heterocycles. The number of aromatic nitrogens is 3. The molecule has 0 radical (unpaired) electrons. The molecule has 0 spiro atoms. The van der Waals surface area contributed by atoms with Crippen molar-refractivity contribution in [1.29, 1.82) is 0 Å². The monoisotopic (exact) mass is 241 g/mol. The average molecular weight is 242 g/mol. The summed E-state index contributed by atoms with van der Waals surface area (Å²) in [5.74, 6) is 0. The van der Waals surface area contributed by atoms with E-state index in [-0.39, 0.29) is 16.5 Å². The van der Waals surface area contributed by atoms with Crippen LogP contribution in [-0.2, 0) is 0 Å². The molecule has 0 unspecified atom stereocenters. The Morgan fingerprint density at radius 1 is 1.15 bits per heavy atom. The van der Waals surface area contributed by atoms with Crippen LogP contribution in [0.25, 0.3) is 10.8 Å². The normalized spacial score (nSPS) is 10.5. The zero-order valence-electron chi connectivity index (χ0n) is 6.30. The Morgan fingerprint density at radius 3 is 2.54 bits per heavy atom. The van der Waals surface area contributed by atoms with Crippen molar-refractivity contribution in [2.75, 3.05) is 0 Å². The lowest BCUT2D eigenvalue weighted by Gasteiger charge is -1.95. The Labute approximate surface area is 79.9 Å². The van der Waals surface area contributed by atoms with Gasteiger partial charge in [0.05, 0.1) is 10.8 Å². The lowest BCUT2D eigenvalue weighted by atomic mass is 10.2. The summed E-state index contributed by atoms with van der Waals surface area (Å²) in [6.45, 7) is 0. The Kier molecular flexibility index (Phi) is 1.77. The molecule has 0 atom stereocenters. The van der Waals surface area contributed by atoms with E-state index in [9.17, 15) is 9.59 Å². The molecule has 2 aromatic rings. The summed E-state index contributed by atoms with van der Waals surface area (Å²) < 4.78 is 0.511. The standard InChI is InChI=1S/C7H4BrN3O2/c8-4-2-9-1-3-5(4)7(13)11-10-6(3)12/h1-2H,(H,10,12)(H,11,13). The van der Waals surface area contributed by atoms with Crippen LogP contribution in [0, 0.1) is 0 Å². The van der Waals surface area contributed by atoms with Crippen LogP contribution in [0.4, 0.5) is 0 Å². The first-order valence-corrected chi connectivity index (χ1v) is 4.23. The van der Waals surface area contributed by atoms with E-state index in [1.807, 2.05) is 0 Å². The number of H-pyrrole nitrogens is 2. The van der Waals surface area contributed by atoms with Crippen molar-refractivity contribution < 1.29 is 0 Å². The first-order valence-electron chi connectivity index (χ1n) is 3.44. The van der Waals surface area contributed by atoms with Crippen LogP contribution in [0.2, 0.25) is 0 Å².